The Bertz CT molecular complexity index is 928. The first kappa shape index (κ1) is 63.9. The van der Waals surface area contributed by atoms with Crippen LogP contribution in [-0.2, 0) is 14.3 Å². The number of esters is 1. The Morgan fingerprint density at radius 2 is 0.631 bits per heavy atom. The number of hydrogen-bond donors (Lipinski definition) is 3. The molecule has 0 aliphatic heterocycles. The zero-order chi connectivity index (χ0) is 47.2. The molecule has 0 saturated carbocycles. The third-order valence-corrected chi connectivity index (χ3v) is 14.2. The molecule has 0 aromatic carbocycles. The van der Waals surface area contributed by atoms with Gasteiger partial charge < -0.3 is 20.3 Å². The number of nitrogens with one attached hydrogen (secondary N) is 1. The highest BCUT2D eigenvalue weighted by Gasteiger charge is 2.20. The number of ether oxygens (including phenoxy) is 1. The number of aliphatic hydroxyl groups excluding tert-OH is 2. The van der Waals surface area contributed by atoms with Gasteiger partial charge in [-0.25, -0.2) is 0 Å². The minimum absolute atomic E-state index is 0.00818. The van der Waals surface area contributed by atoms with Crippen molar-refractivity contribution in [1.29, 1.82) is 0 Å². The van der Waals surface area contributed by atoms with Crippen molar-refractivity contribution < 1.29 is 24.5 Å². The third-order valence-electron chi connectivity index (χ3n) is 14.2. The minimum Gasteiger partial charge on any atom is -0.466 e. The fourth-order valence-corrected chi connectivity index (χ4v) is 9.58. The minimum atomic E-state index is -0.676. The first-order valence-corrected chi connectivity index (χ1v) is 29.8. The monoisotopic (exact) mass is 920 g/mol. The van der Waals surface area contributed by atoms with Crippen LogP contribution in [0, 0.1) is 0 Å². The zero-order valence-electron chi connectivity index (χ0n) is 44.3. The molecule has 0 aliphatic carbocycles. The number of hydrogen-bond acceptors (Lipinski definition) is 5. The number of rotatable bonds is 56. The maximum Gasteiger partial charge on any atom is 0.305 e. The molecule has 0 radical (unpaired) electrons. The molecule has 0 bridgehead atoms. The Morgan fingerprint density at radius 1 is 0.369 bits per heavy atom. The Balaban J connectivity index is 3.43. The summed E-state index contributed by atoms with van der Waals surface area (Å²) in [6.45, 7) is 4.95. The molecule has 0 aromatic rings. The van der Waals surface area contributed by atoms with Gasteiger partial charge in [0.15, 0.2) is 0 Å². The van der Waals surface area contributed by atoms with Crippen LogP contribution in [0.3, 0.4) is 0 Å². The predicted octanol–water partition coefficient (Wildman–Crippen LogP) is 18.3. The highest BCUT2D eigenvalue weighted by atomic mass is 16.5. The molecule has 6 heteroatoms. The van der Waals surface area contributed by atoms with Gasteiger partial charge in [-0.1, -0.05) is 303 Å². The van der Waals surface area contributed by atoms with Crippen LogP contribution in [0.15, 0.2) is 0 Å². The molecule has 2 atom stereocenters. The van der Waals surface area contributed by atoms with E-state index < -0.39 is 12.1 Å². The van der Waals surface area contributed by atoms with E-state index in [0.29, 0.717) is 25.9 Å². The highest BCUT2D eigenvalue weighted by molar-refractivity contribution is 5.76. The number of aliphatic hydroxyl groups is 2. The first-order valence-electron chi connectivity index (χ1n) is 29.8. The standard InChI is InChI=1S/C59H117NO5/c1-3-5-7-9-11-13-15-17-19-21-22-23-25-26-28-31-35-39-43-47-51-57(62)56(55-61)60-58(63)52-48-44-40-36-32-30-34-38-42-46-50-54-65-59(64)53-49-45-41-37-33-29-27-24-20-18-16-14-12-10-8-6-4-2/h56-57,61-62H,3-55H2,1-2H3,(H,60,63). The van der Waals surface area contributed by atoms with Crippen molar-refractivity contribution in [3.63, 3.8) is 0 Å². The average molecular weight is 921 g/mol. The Labute approximate surface area is 406 Å². The molecule has 0 aliphatic rings. The topological polar surface area (TPSA) is 95.9 Å². The molecule has 0 aromatic heterocycles. The largest absolute Gasteiger partial charge is 0.466 e. The second-order valence-electron chi connectivity index (χ2n) is 20.7. The molecule has 0 heterocycles. The summed E-state index contributed by atoms with van der Waals surface area (Å²) < 4.78 is 5.48. The molecular formula is C59H117NO5. The lowest BCUT2D eigenvalue weighted by atomic mass is 10.0. The van der Waals surface area contributed by atoms with Gasteiger partial charge in [0, 0.05) is 12.8 Å². The second-order valence-corrected chi connectivity index (χ2v) is 20.7. The van der Waals surface area contributed by atoms with E-state index in [4.69, 9.17) is 4.74 Å². The van der Waals surface area contributed by atoms with E-state index in [1.54, 1.807) is 0 Å². The summed E-state index contributed by atoms with van der Waals surface area (Å²) >= 11 is 0. The van der Waals surface area contributed by atoms with Gasteiger partial charge in [0.2, 0.25) is 5.91 Å². The summed E-state index contributed by atoms with van der Waals surface area (Å²) in [7, 11) is 0. The Kier molecular flexibility index (Phi) is 54.5. The van der Waals surface area contributed by atoms with Gasteiger partial charge in [-0.05, 0) is 25.7 Å². The number of unbranched alkanes of at least 4 members (excludes halogenated alkanes) is 45. The van der Waals surface area contributed by atoms with Crippen LogP contribution in [0.5, 0.6) is 0 Å². The van der Waals surface area contributed by atoms with Crippen LogP contribution in [-0.4, -0.2) is 47.4 Å². The summed E-state index contributed by atoms with van der Waals surface area (Å²) in [6, 6.07) is -0.554. The molecule has 6 nitrogen and oxygen atoms in total. The van der Waals surface area contributed by atoms with E-state index in [1.807, 2.05) is 0 Å². The van der Waals surface area contributed by atoms with Crippen LogP contribution in [0.1, 0.15) is 341 Å². The van der Waals surface area contributed by atoms with Gasteiger partial charge in [-0.2, -0.15) is 0 Å². The second kappa shape index (κ2) is 55.5. The summed E-state index contributed by atoms with van der Waals surface area (Å²) in [5.74, 6) is -0.0573. The van der Waals surface area contributed by atoms with Gasteiger partial charge >= 0.3 is 5.97 Å². The van der Waals surface area contributed by atoms with Gasteiger partial charge in [-0.15, -0.1) is 0 Å². The number of amides is 1. The maximum absolute atomic E-state index is 12.5. The van der Waals surface area contributed by atoms with E-state index in [9.17, 15) is 19.8 Å². The molecular weight excluding hydrogens is 803 g/mol. The summed E-state index contributed by atoms with van der Waals surface area (Å²) in [5, 5.41) is 23.3. The quantitative estimate of drug-likeness (QED) is 0.0417. The van der Waals surface area contributed by atoms with Gasteiger partial charge in [0.05, 0.1) is 25.4 Å². The lowest BCUT2D eigenvalue weighted by molar-refractivity contribution is -0.143. The third kappa shape index (κ3) is 52.1. The SMILES string of the molecule is CCCCCCCCCCCCCCCCCCCCCCC(O)C(CO)NC(=O)CCCCCCCCCCCCCOC(=O)CCCCCCCCCCCCCCCCCCC. The zero-order valence-corrected chi connectivity index (χ0v) is 44.3. The van der Waals surface area contributed by atoms with Crippen molar-refractivity contribution in [2.75, 3.05) is 13.2 Å². The van der Waals surface area contributed by atoms with E-state index >= 15 is 0 Å². The van der Waals surface area contributed by atoms with E-state index in [-0.39, 0.29) is 18.5 Å². The maximum atomic E-state index is 12.5. The number of carbonyl (C=O) groups is 2. The van der Waals surface area contributed by atoms with Crippen LogP contribution in [0.4, 0.5) is 0 Å². The van der Waals surface area contributed by atoms with Crippen LogP contribution in [0.25, 0.3) is 0 Å². The molecule has 0 saturated heterocycles. The van der Waals surface area contributed by atoms with E-state index in [2.05, 4.69) is 19.2 Å². The van der Waals surface area contributed by atoms with Crippen LogP contribution >= 0.6 is 0 Å². The van der Waals surface area contributed by atoms with Gasteiger partial charge in [0.25, 0.3) is 0 Å². The highest BCUT2D eigenvalue weighted by Crippen LogP contribution is 2.18. The van der Waals surface area contributed by atoms with Gasteiger partial charge in [0.1, 0.15) is 0 Å². The summed E-state index contributed by atoms with van der Waals surface area (Å²) in [4.78, 5) is 24.6. The van der Waals surface area contributed by atoms with E-state index in [1.165, 1.54) is 250 Å². The average Bonchev–Trinajstić information content (AvgIpc) is 3.31. The molecule has 0 fully saturated rings. The van der Waals surface area contributed by atoms with Crippen molar-refractivity contribution in [2.24, 2.45) is 0 Å². The van der Waals surface area contributed by atoms with Crippen molar-refractivity contribution in [2.45, 2.75) is 353 Å². The first-order chi connectivity index (χ1) is 32.0. The Morgan fingerprint density at radius 3 is 0.938 bits per heavy atom. The molecule has 65 heavy (non-hydrogen) atoms. The van der Waals surface area contributed by atoms with Crippen molar-refractivity contribution in [3.8, 4) is 0 Å². The summed E-state index contributed by atoms with van der Waals surface area (Å²) in [6.07, 6.45) is 63.8. The smallest absolute Gasteiger partial charge is 0.305 e. The van der Waals surface area contributed by atoms with Crippen molar-refractivity contribution in [1.82, 2.24) is 5.32 Å². The molecule has 2 unspecified atom stereocenters. The molecule has 0 rings (SSSR count). The van der Waals surface area contributed by atoms with Crippen LogP contribution in [0.2, 0.25) is 0 Å². The Hall–Kier alpha value is -1.14. The normalized spacial score (nSPS) is 12.5. The van der Waals surface area contributed by atoms with Crippen LogP contribution < -0.4 is 5.32 Å². The molecule has 388 valence electrons. The van der Waals surface area contributed by atoms with Crippen molar-refractivity contribution >= 4 is 11.9 Å². The lowest BCUT2D eigenvalue weighted by Crippen LogP contribution is -2.45. The predicted molar refractivity (Wildman–Crippen MR) is 283 cm³/mol. The number of carbonyl (C=O) groups excluding carboxylic acids is 2. The molecule has 1 amide bonds. The lowest BCUT2D eigenvalue weighted by Gasteiger charge is -2.22. The van der Waals surface area contributed by atoms with Crippen molar-refractivity contribution in [3.05, 3.63) is 0 Å². The molecule has 0 spiro atoms. The molecule has 3 N–H and O–H groups in total. The summed E-state index contributed by atoms with van der Waals surface area (Å²) in [5.41, 5.74) is 0. The fraction of sp³-hybridized carbons (Fsp3) is 0.966. The fourth-order valence-electron chi connectivity index (χ4n) is 9.58. The van der Waals surface area contributed by atoms with Gasteiger partial charge in [-0.3, -0.25) is 9.59 Å². The van der Waals surface area contributed by atoms with E-state index in [0.717, 1.165) is 57.8 Å².